The van der Waals surface area contributed by atoms with Crippen molar-refractivity contribution in [3.63, 3.8) is 0 Å². The SMILES string of the molecule is CCCCC(CC)C(=O)Nc1ccc2ccc(=O)[nH]c2n1. The van der Waals surface area contributed by atoms with E-state index in [-0.39, 0.29) is 17.4 Å². The molecule has 5 nitrogen and oxygen atoms in total. The van der Waals surface area contributed by atoms with Crippen molar-refractivity contribution in [2.24, 2.45) is 5.92 Å². The van der Waals surface area contributed by atoms with Crippen LogP contribution in [0.25, 0.3) is 11.0 Å². The number of H-pyrrole nitrogens is 1. The number of pyridine rings is 2. The molecule has 0 radical (unpaired) electrons. The first-order chi connectivity index (χ1) is 10.1. The van der Waals surface area contributed by atoms with Crippen LogP contribution in [0.15, 0.2) is 29.1 Å². The number of carbonyl (C=O) groups is 1. The molecule has 21 heavy (non-hydrogen) atoms. The lowest BCUT2D eigenvalue weighted by atomic mass is 9.98. The minimum atomic E-state index is -0.201. The maximum atomic E-state index is 12.2. The number of carbonyl (C=O) groups excluding carboxylic acids is 1. The van der Waals surface area contributed by atoms with Crippen molar-refractivity contribution in [2.75, 3.05) is 5.32 Å². The van der Waals surface area contributed by atoms with E-state index < -0.39 is 0 Å². The number of nitrogens with one attached hydrogen (secondary N) is 2. The van der Waals surface area contributed by atoms with Gasteiger partial charge in [-0.3, -0.25) is 9.59 Å². The molecule has 2 aromatic rings. The quantitative estimate of drug-likeness (QED) is 0.857. The van der Waals surface area contributed by atoms with E-state index in [2.05, 4.69) is 22.2 Å². The number of fused-ring (bicyclic) bond motifs is 1. The van der Waals surface area contributed by atoms with Crippen LogP contribution < -0.4 is 10.9 Å². The molecule has 0 aromatic carbocycles. The number of hydrogen-bond acceptors (Lipinski definition) is 3. The summed E-state index contributed by atoms with van der Waals surface area (Å²) < 4.78 is 0. The van der Waals surface area contributed by atoms with Crippen LogP contribution in [-0.2, 0) is 4.79 Å². The normalized spacial score (nSPS) is 12.3. The number of unbranched alkanes of at least 4 members (excludes halogenated alkanes) is 1. The fraction of sp³-hybridized carbons (Fsp3) is 0.438. The van der Waals surface area contributed by atoms with Gasteiger partial charge < -0.3 is 10.3 Å². The Morgan fingerprint density at radius 2 is 2.05 bits per heavy atom. The van der Waals surface area contributed by atoms with Gasteiger partial charge in [-0.15, -0.1) is 0 Å². The van der Waals surface area contributed by atoms with E-state index >= 15 is 0 Å². The summed E-state index contributed by atoms with van der Waals surface area (Å²) in [7, 11) is 0. The molecule has 2 N–H and O–H groups in total. The Labute approximate surface area is 123 Å². The second-order valence-electron chi connectivity index (χ2n) is 5.19. The van der Waals surface area contributed by atoms with Crippen LogP contribution in [-0.4, -0.2) is 15.9 Å². The molecule has 2 heterocycles. The van der Waals surface area contributed by atoms with E-state index in [0.717, 1.165) is 31.1 Å². The van der Waals surface area contributed by atoms with E-state index in [1.165, 1.54) is 6.07 Å². The number of amides is 1. The molecule has 0 spiro atoms. The molecule has 0 saturated heterocycles. The van der Waals surface area contributed by atoms with E-state index in [1.807, 2.05) is 13.0 Å². The first kappa shape index (κ1) is 15.2. The highest BCUT2D eigenvalue weighted by Crippen LogP contribution is 2.16. The van der Waals surface area contributed by atoms with E-state index in [1.54, 1.807) is 12.1 Å². The fourth-order valence-corrected chi connectivity index (χ4v) is 2.30. The molecule has 0 aliphatic carbocycles. The molecule has 1 amide bonds. The summed E-state index contributed by atoms with van der Waals surface area (Å²) in [5, 5.41) is 3.68. The van der Waals surface area contributed by atoms with Gasteiger partial charge >= 0.3 is 0 Å². The van der Waals surface area contributed by atoms with Gasteiger partial charge in [0.25, 0.3) is 0 Å². The Balaban J connectivity index is 2.14. The van der Waals surface area contributed by atoms with Gasteiger partial charge in [-0.25, -0.2) is 4.98 Å². The standard InChI is InChI=1S/C16H21N3O2/c1-3-5-6-11(4-2)16(21)18-13-9-7-12-8-10-14(20)19-15(12)17-13/h7-11H,3-6H2,1-2H3,(H2,17,18,19,20,21). The molecule has 0 bridgehead atoms. The summed E-state index contributed by atoms with van der Waals surface area (Å²) in [5.41, 5.74) is 0.287. The second-order valence-corrected chi connectivity index (χ2v) is 5.19. The average molecular weight is 287 g/mol. The molecule has 1 atom stereocenters. The average Bonchev–Trinajstić information content (AvgIpc) is 2.47. The maximum absolute atomic E-state index is 12.2. The second kappa shape index (κ2) is 7.02. The summed E-state index contributed by atoms with van der Waals surface area (Å²) in [6.07, 6.45) is 3.84. The Hall–Kier alpha value is -2.17. The zero-order chi connectivity index (χ0) is 15.2. The predicted molar refractivity (Wildman–Crippen MR) is 84.3 cm³/mol. The molecule has 5 heteroatoms. The molecule has 0 aliphatic rings. The lowest BCUT2D eigenvalue weighted by Gasteiger charge is -2.14. The molecule has 0 aliphatic heterocycles. The number of anilines is 1. The van der Waals surface area contributed by atoms with Crippen molar-refractivity contribution in [1.29, 1.82) is 0 Å². The van der Waals surface area contributed by atoms with Crippen LogP contribution in [0.5, 0.6) is 0 Å². The molecule has 0 fully saturated rings. The first-order valence-electron chi connectivity index (χ1n) is 7.45. The molecule has 2 aromatic heterocycles. The Kier molecular flexibility index (Phi) is 5.09. The number of hydrogen-bond donors (Lipinski definition) is 2. The van der Waals surface area contributed by atoms with Gasteiger partial charge in [0.1, 0.15) is 11.5 Å². The summed E-state index contributed by atoms with van der Waals surface area (Å²) in [6.45, 7) is 4.14. The maximum Gasteiger partial charge on any atom is 0.249 e. The van der Waals surface area contributed by atoms with Crippen molar-refractivity contribution in [3.8, 4) is 0 Å². The third kappa shape index (κ3) is 3.90. The van der Waals surface area contributed by atoms with Gasteiger partial charge in [-0.05, 0) is 31.0 Å². The van der Waals surface area contributed by atoms with Gasteiger partial charge in [0.15, 0.2) is 0 Å². The molecule has 112 valence electrons. The lowest BCUT2D eigenvalue weighted by molar-refractivity contribution is -0.120. The van der Waals surface area contributed by atoms with Crippen LogP contribution in [0, 0.1) is 5.92 Å². The van der Waals surface area contributed by atoms with Crippen LogP contribution in [0.2, 0.25) is 0 Å². The Bertz CT molecular complexity index is 679. The molecular formula is C16H21N3O2. The zero-order valence-electron chi connectivity index (χ0n) is 12.5. The van der Waals surface area contributed by atoms with Crippen molar-refractivity contribution in [3.05, 3.63) is 34.6 Å². The fourth-order valence-electron chi connectivity index (χ4n) is 2.30. The van der Waals surface area contributed by atoms with E-state index in [4.69, 9.17) is 0 Å². The van der Waals surface area contributed by atoms with Crippen LogP contribution >= 0.6 is 0 Å². The van der Waals surface area contributed by atoms with Crippen LogP contribution in [0.3, 0.4) is 0 Å². The van der Waals surface area contributed by atoms with Crippen molar-refractivity contribution in [2.45, 2.75) is 39.5 Å². The molecular weight excluding hydrogens is 266 g/mol. The number of rotatable bonds is 6. The number of aromatic amines is 1. The highest BCUT2D eigenvalue weighted by Gasteiger charge is 2.16. The summed E-state index contributed by atoms with van der Waals surface area (Å²) in [4.78, 5) is 30.5. The van der Waals surface area contributed by atoms with Gasteiger partial charge in [0.05, 0.1) is 0 Å². The third-order valence-corrected chi connectivity index (χ3v) is 3.60. The molecule has 0 saturated carbocycles. The Morgan fingerprint density at radius 3 is 2.76 bits per heavy atom. The largest absolute Gasteiger partial charge is 0.310 e. The smallest absolute Gasteiger partial charge is 0.249 e. The van der Waals surface area contributed by atoms with Gasteiger partial charge in [0, 0.05) is 17.4 Å². The lowest BCUT2D eigenvalue weighted by Crippen LogP contribution is -2.23. The molecule has 2 rings (SSSR count). The summed E-state index contributed by atoms with van der Waals surface area (Å²) in [5.74, 6) is 0.484. The Morgan fingerprint density at radius 1 is 1.29 bits per heavy atom. The van der Waals surface area contributed by atoms with E-state index in [9.17, 15) is 9.59 Å². The highest BCUT2D eigenvalue weighted by atomic mass is 16.2. The summed E-state index contributed by atoms with van der Waals surface area (Å²) in [6, 6.07) is 6.76. The zero-order valence-corrected chi connectivity index (χ0v) is 12.5. The topological polar surface area (TPSA) is 74.8 Å². The van der Waals surface area contributed by atoms with Gasteiger partial charge in [0.2, 0.25) is 11.5 Å². The minimum absolute atomic E-state index is 0.00363. The number of nitrogens with zero attached hydrogens (tertiary/aromatic N) is 1. The van der Waals surface area contributed by atoms with Gasteiger partial charge in [-0.2, -0.15) is 0 Å². The van der Waals surface area contributed by atoms with E-state index in [0.29, 0.717) is 11.5 Å². The van der Waals surface area contributed by atoms with Crippen LogP contribution in [0.1, 0.15) is 39.5 Å². The first-order valence-corrected chi connectivity index (χ1v) is 7.45. The van der Waals surface area contributed by atoms with Crippen molar-refractivity contribution >= 4 is 22.8 Å². The minimum Gasteiger partial charge on any atom is -0.310 e. The van der Waals surface area contributed by atoms with Gasteiger partial charge in [-0.1, -0.05) is 26.7 Å². The third-order valence-electron chi connectivity index (χ3n) is 3.60. The predicted octanol–water partition coefficient (Wildman–Crippen LogP) is 3.08. The summed E-state index contributed by atoms with van der Waals surface area (Å²) >= 11 is 0. The number of aromatic nitrogens is 2. The van der Waals surface area contributed by atoms with Crippen LogP contribution in [0.4, 0.5) is 5.82 Å². The van der Waals surface area contributed by atoms with Crippen molar-refractivity contribution in [1.82, 2.24) is 9.97 Å². The highest BCUT2D eigenvalue weighted by molar-refractivity contribution is 5.92. The monoisotopic (exact) mass is 287 g/mol. The van der Waals surface area contributed by atoms with Crippen molar-refractivity contribution < 1.29 is 4.79 Å². The molecule has 1 unspecified atom stereocenters.